The third-order valence-corrected chi connectivity index (χ3v) is 4.89. The number of nitrogens with zero attached hydrogens (tertiary/aromatic N) is 1. The number of nitrogens with one attached hydrogen (secondary N) is 1. The molecule has 1 amide bonds. The highest BCUT2D eigenvalue weighted by molar-refractivity contribution is 7.99. The Labute approximate surface area is 126 Å². The highest BCUT2D eigenvalue weighted by Gasteiger charge is 2.24. The van der Waals surface area contributed by atoms with Gasteiger partial charge in [0.1, 0.15) is 5.82 Å². The molecule has 0 atom stereocenters. The second kappa shape index (κ2) is 6.89. The van der Waals surface area contributed by atoms with Crippen LogP contribution >= 0.6 is 11.8 Å². The van der Waals surface area contributed by atoms with E-state index in [0.29, 0.717) is 5.25 Å². The molecule has 2 rings (SSSR count). The zero-order valence-electron chi connectivity index (χ0n) is 11.7. The van der Waals surface area contributed by atoms with Gasteiger partial charge in [-0.15, -0.1) is 0 Å². The van der Waals surface area contributed by atoms with E-state index in [-0.39, 0.29) is 17.3 Å². The van der Waals surface area contributed by atoms with Crippen LogP contribution in [0.5, 0.6) is 0 Å². The van der Waals surface area contributed by atoms with E-state index in [9.17, 15) is 19.3 Å². The number of thioether (sulfide) groups is 1. The lowest BCUT2D eigenvalue weighted by molar-refractivity contribution is -0.384. The van der Waals surface area contributed by atoms with E-state index in [2.05, 4.69) is 11.6 Å². The van der Waals surface area contributed by atoms with Crippen molar-refractivity contribution in [2.75, 3.05) is 6.26 Å². The third kappa shape index (κ3) is 3.93. The van der Waals surface area contributed by atoms with E-state index < -0.39 is 16.6 Å². The maximum absolute atomic E-state index is 13.7. The van der Waals surface area contributed by atoms with Gasteiger partial charge in [-0.1, -0.05) is 0 Å². The molecule has 0 aliphatic heterocycles. The standard InChI is InChI=1S/C14H17FN2O3S/c1-21-11-5-2-9(3-6-11)16-14(18)12-8-10(17(19)20)4-7-13(12)15/h4,7-9,11H,2-3,5-6H2,1H3,(H,16,18). The van der Waals surface area contributed by atoms with E-state index in [1.54, 1.807) is 0 Å². The van der Waals surface area contributed by atoms with Gasteiger partial charge < -0.3 is 5.32 Å². The molecule has 0 unspecified atom stereocenters. The summed E-state index contributed by atoms with van der Waals surface area (Å²) < 4.78 is 13.7. The topological polar surface area (TPSA) is 72.2 Å². The second-order valence-corrected chi connectivity index (χ2v) is 6.24. The molecule has 0 heterocycles. The lowest BCUT2D eigenvalue weighted by Gasteiger charge is -2.28. The summed E-state index contributed by atoms with van der Waals surface area (Å²) in [4.78, 5) is 22.1. The van der Waals surface area contributed by atoms with Gasteiger partial charge in [0, 0.05) is 23.4 Å². The Morgan fingerprint density at radius 3 is 2.62 bits per heavy atom. The van der Waals surface area contributed by atoms with Gasteiger partial charge in [0.05, 0.1) is 10.5 Å². The van der Waals surface area contributed by atoms with Gasteiger partial charge in [-0.25, -0.2) is 4.39 Å². The Morgan fingerprint density at radius 2 is 2.05 bits per heavy atom. The maximum atomic E-state index is 13.7. The van der Waals surface area contributed by atoms with Gasteiger partial charge in [0.15, 0.2) is 0 Å². The molecule has 0 spiro atoms. The van der Waals surface area contributed by atoms with Gasteiger partial charge in [-0.3, -0.25) is 14.9 Å². The summed E-state index contributed by atoms with van der Waals surface area (Å²) in [5, 5.41) is 14.1. The number of nitro benzene ring substituents is 1. The smallest absolute Gasteiger partial charge is 0.270 e. The number of hydrogen-bond acceptors (Lipinski definition) is 4. The van der Waals surface area contributed by atoms with Crippen molar-refractivity contribution in [2.45, 2.75) is 37.0 Å². The fourth-order valence-electron chi connectivity index (χ4n) is 2.51. The highest BCUT2D eigenvalue weighted by atomic mass is 32.2. The Balaban J connectivity index is 2.03. The predicted molar refractivity (Wildman–Crippen MR) is 80.1 cm³/mol. The molecule has 1 N–H and O–H groups in total. The number of benzene rings is 1. The van der Waals surface area contributed by atoms with Crippen LogP contribution in [-0.2, 0) is 0 Å². The number of non-ortho nitro benzene ring substituents is 1. The first kappa shape index (κ1) is 15.8. The molecule has 0 saturated heterocycles. The van der Waals surface area contributed by atoms with E-state index >= 15 is 0 Å². The maximum Gasteiger partial charge on any atom is 0.270 e. The quantitative estimate of drug-likeness (QED) is 0.685. The minimum atomic E-state index is -0.740. The molecular formula is C14H17FN2O3S. The van der Waals surface area contributed by atoms with Gasteiger partial charge in [0.25, 0.3) is 11.6 Å². The SMILES string of the molecule is CSC1CCC(NC(=O)c2cc([N+](=O)[O-])ccc2F)CC1. The molecule has 0 bridgehead atoms. The largest absolute Gasteiger partial charge is 0.349 e. The minimum Gasteiger partial charge on any atom is -0.349 e. The number of halogens is 1. The normalized spacial score (nSPS) is 21.8. The van der Waals surface area contributed by atoms with Crippen molar-refractivity contribution in [3.63, 3.8) is 0 Å². The Hall–Kier alpha value is -1.63. The number of rotatable bonds is 4. The average Bonchev–Trinajstić information content (AvgIpc) is 2.48. The minimum absolute atomic E-state index is 0.0135. The van der Waals surface area contributed by atoms with Crippen molar-refractivity contribution in [1.82, 2.24) is 5.32 Å². The molecule has 0 aromatic heterocycles. The van der Waals surface area contributed by atoms with Gasteiger partial charge in [-0.05, 0) is 38.0 Å². The van der Waals surface area contributed by atoms with Crippen molar-refractivity contribution in [3.05, 3.63) is 39.7 Å². The zero-order valence-corrected chi connectivity index (χ0v) is 12.5. The Morgan fingerprint density at radius 1 is 1.38 bits per heavy atom. The van der Waals surface area contributed by atoms with Crippen molar-refractivity contribution < 1.29 is 14.1 Å². The average molecular weight is 312 g/mol. The molecule has 1 aromatic rings. The van der Waals surface area contributed by atoms with Crippen LogP contribution in [-0.4, -0.2) is 28.4 Å². The first-order chi connectivity index (χ1) is 10.0. The van der Waals surface area contributed by atoms with Crippen LogP contribution < -0.4 is 5.32 Å². The van der Waals surface area contributed by atoms with Crippen LogP contribution in [0.15, 0.2) is 18.2 Å². The molecule has 1 aliphatic carbocycles. The van der Waals surface area contributed by atoms with E-state index in [1.807, 2.05) is 11.8 Å². The summed E-state index contributed by atoms with van der Waals surface area (Å²) in [7, 11) is 0. The summed E-state index contributed by atoms with van der Waals surface area (Å²) in [6.07, 6.45) is 5.82. The molecule has 1 aromatic carbocycles. The van der Waals surface area contributed by atoms with Crippen molar-refractivity contribution in [1.29, 1.82) is 0 Å². The summed E-state index contributed by atoms with van der Waals surface area (Å²) in [6.45, 7) is 0. The van der Waals surface area contributed by atoms with E-state index in [4.69, 9.17) is 0 Å². The lowest BCUT2D eigenvalue weighted by Crippen LogP contribution is -2.38. The van der Waals surface area contributed by atoms with Crippen LogP contribution in [0.3, 0.4) is 0 Å². The summed E-state index contributed by atoms with van der Waals surface area (Å²) >= 11 is 1.82. The Kier molecular flexibility index (Phi) is 5.17. The Bertz CT molecular complexity index is 545. The number of carbonyl (C=O) groups excluding carboxylic acids is 1. The summed E-state index contributed by atoms with van der Waals surface area (Å²) in [6, 6.07) is 3.01. The fourth-order valence-corrected chi connectivity index (χ4v) is 3.25. The van der Waals surface area contributed by atoms with Gasteiger partial charge >= 0.3 is 0 Å². The van der Waals surface area contributed by atoms with Crippen LogP contribution in [0.2, 0.25) is 0 Å². The van der Waals surface area contributed by atoms with Crippen LogP contribution in [0, 0.1) is 15.9 Å². The van der Waals surface area contributed by atoms with Crippen molar-refractivity contribution in [2.24, 2.45) is 0 Å². The van der Waals surface area contributed by atoms with E-state index in [0.717, 1.165) is 43.9 Å². The molecule has 7 heteroatoms. The second-order valence-electron chi connectivity index (χ2n) is 5.10. The zero-order chi connectivity index (χ0) is 15.4. The molecule has 5 nitrogen and oxygen atoms in total. The summed E-state index contributed by atoms with van der Waals surface area (Å²) in [5.74, 6) is -1.32. The molecule has 0 radical (unpaired) electrons. The van der Waals surface area contributed by atoms with Gasteiger partial charge in [0.2, 0.25) is 0 Å². The van der Waals surface area contributed by atoms with Crippen molar-refractivity contribution >= 4 is 23.4 Å². The molecule has 1 aliphatic rings. The van der Waals surface area contributed by atoms with Crippen molar-refractivity contribution in [3.8, 4) is 0 Å². The van der Waals surface area contributed by atoms with Crippen LogP contribution in [0.1, 0.15) is 36.0 Å². The van der Waals surface area contributed by atoms with Crippen LogP contribution in [0.25, 0.3) is 0 Å². The monoisotopic (exact) mass is 312 g/mol. The van der Waals surface area contributed by atoms with Gasteiger partial charge in [-0.2, -0.15) is 11.8 Å². The number of amides is 1. The molecule has 1 saturated carbocycles. The summed E-state index contributed by atoms with van der Waals surface area (Å²) in [5.41, 5.74) is -0.552. The molecule has 1 fully saturated rings. The fraction of sp³-hybridized carbons (Fsp3) is 0.500. The number of hydrogen-bond donors (Lipinski definition) is 1. The molecule has 21 heavy (non-hydrogen) atoms. The molecular weight excluding hydrogens is 295 g/mol. The van der Waals surface area contributed by atoms with E-state index in [1.165, 1.54) is 0 Å². The number of nitro groups is 1. The third-order valence-electron chi connectivity index (χ3n) is 3.75. The highest BCUT2D eigenvalue weighted by Crippen LogP contribution is 2.27. The first-order valence-electron chi connectivity index (χ1n) is 6.79. The first-order valence-corrected chi connectivity index (χ1v) is 8.07. The molecule has 114 valence electrons. The van der Waals surface area contributed by atoms with Crippen LogP contribution in [0.4, 0.5) is 10.1 Å². The predicted octanol–water partition coefficient (Wildman–Crippen LogP) is 3.14. The number of carbonyl (C=O) groups is 1. The lowest BCUT2D eigenvalue weighted by atomic mass is 9.94.